The molecule has 0 aromatic heterocycles. The van der Waals surface area contributed by atoms with Crippen LogP contribution in [0.5, 0.6) is 0 Å². The number of nitrogens with one attached hydrogen (secondary N) is 8. The molecule has 7 atom stereocenters. The number of aliphatic carboxylic acids is 2. The number of aliphatic hydroxyl groups is 2. The molecule has 0 saturated carbocycles. The van der Waals surface area contributed by atoms with Crippen LogP contribution in [0, 0.1) is 0 Å². The number of carboxylic acid groups (broad SMARTS) is 2. The molecule has 28 heteroatoms. The summed E-state index contributed by atoms with van der Waals surface area (Å²) in [5, 5.41) is 54.3. The van der Waals surface area contributed by atoms with E-state index in [9.17, 15) is 67.7 Å². The Kier molecular flexibility index (Phi) is 25.0. The number of primary amides is 2. The number of unbranched alkanes of at least 4 members (excludes halogenated alkanes) is 1. The van der Waals surface area contributed by atoms with Crippen molar-refractivity contribution in [2.24, 2.45) is 22.9 Å². The number of rotatable bonds is 30. The van der Waals surface area contributed by atoms with Gasteiger partial charge in [0.25, 0.3) is 0 Å². The van der Waals surface area contributed by atoms with Crippen LogP contribution in [0.3, 0.4) is 0 Å². The maximum atomic E-state index is 13.2. The first-order valence-corrected chi connectivity index (χ1v) is 18.1. The topological polar surface area (TPSA) is 486 Å². The summed E-state index contributed by atoms with van der Waals surface area (Å²) in [6, 6.07) is -10.9. The summed E-state index contributed by atoms with van der Waals surface area (Å²) in [5.41, 5.74) is 21.3. The summed E-state index contributed by atoms with van der Waals surface area (Å²) in [6.45, 7) is -2.33. The third-order valence-corrected chi connectivity index (χ3v) is 7.92. The van der Waals surface area contributed by atoms with Crippen LogP contribution in [0.4, 0.5) is 0 Å². The molecule has 0 heterocycles. The van der Waals surface area contributed by atoms with Crippen molar-refractivity contribution >= 4 is 71.0 Å². The van der Waals surface area contributed by atoms with Gasteiger partial charge in [0.1, 0.15) is 36.3 Å². The van der Waals surface area contributed by atoms with E-state index >= 15 is 0 Å². The normalized spacial score (nSPS) is 14.2. The minimum Gasteiger partial charge on any atom is -0.481 e. The Morgan fingerprint density at radius 2 is 1.02 bits per heavy atom. The van der Waals surface area contributed by atoms with Crippen molar-refractivity contribution in [2.45, 2.75) is 94.2 Å². The van der Waals surface area contributed by atoms with Gasteiger partial charge in [-0.15, -0.1) is 0 Å². The molecule has 0 aliphatic carbocycles. The van der Waals surface area contributed by atoms with Gasteiger partial charge in [-0.2, -0.15) is 0 Å². The van der Waals surface area contributed by atoms with Gasteiger partial charge in [0.05, 0.1) is 45.2 Å². The summed E-state index contributed by atoms with van der Waals surface area (Å²) in [4.78, 5) is 146. The molecule has 28 nitrogen and oxygen atoms in total. The first kappa shape index (κ1) is 53.5. The third kappa shape index (κ3) is 21.9. The highest BCUT2D eigenvalue weighted by Crippen LogP contribution is 2.04. The molecule has 0 fully saturated rings. The molecule has 0 radical (unpaired) electrons. The van der Waals surface area contributed by atoms with Gasteiger partial charge in [-0.1, -0.05) is 0 Å². The molecule has 0 aromatic carbocycles. The van der Waals surface area contributed by atoms with E-state index in [4.69, 9.17) is 33.1 Å². The number of carbonyl (C=O) groups is 12. The number of amides is 10. The maximum Gasteiger partial charge on any atom is 0.326 e. The van der Waals surface area contributed by atoms with Crippen LogP contribution in [0.1, 0.15) is 51.9 Å². The van der Waals surface area contributed by atoms with E-state index in [0.29, 0.717) is 12.8 Å². The third-order valence-electron chi connectivity index (χ3n) is 7.92. The van der Waals surface area contributed by atoms with Crippen LogP contribution in [0.25, 0.3) is 0 Å². The van der Waals surface area contributed by atoms with Crippen LogP contribution < -0.4 is 65.5 Å². The number of aliphatic hydroxyl groups excluding tert-OH is 2. The second-order valence-corrected chi connectivity index (χ2v) is 13.0. The fourth-order valence-electron chi connectivity index (χ4n) is 4.65. The van der Waals surface area contributed by atoms with Crippen molar-refractivity contribution in [3.05, 3.63) is 0 Å². The zero-order chi connectivity index (χ0) is 46.1. The lowest BCUT2D eigenvalue weighted by molar-refractivity contribution is -0.144. The van der Waals surface area contributed by atoms with Crippen molar-refractivity contribution in [2.75, 3.05) is 32.8 Å². The largest absolute Gasteiger partial charge is 0.481 e. The zero-order valence-corrected chi connectivity index (χ0v) is 32.5. The van der Waals surface area contributed by atoms with Gasteiger partial charge in [-0.25, -0.2) is 4.79 Å². The monoisotopic (exact) mass is 862 g/mol. The fraction of sp³-hybridized carbons (Fsp3) is 0.625. The summed E-state index contributed by atoms with van der Waals surface area (Å²) < 4.78 is 0. The average molecular weight is 863 g/mol. The first-order valence-electron chi connectivity index (χ1n) is 18.1. The van der Waals surface area contributed by atoms with E-state index in [1.807, 2.05) is 10.6 Å². The van der Waals surface area contributed by atoms with E-state index in [2.05, 4.69) is 31.9 Å². The second kappa shape index (κ2) is 28.0. The first-order chi connectivity index (χ1) is 28.1. The summed E-state index contributed by atoms with van der Waals surface area (Å²) in [7, 11) is 0. The van der Waals surface area contributed by atoms with Gasteiger partial charge >= 0.3 is 11.9 Å². The SMILES string of the molecule is C[C@H](NC(=O)[C@@H](N)CCC(=O)O)C(=O)N[C@@H](CCCCN)C(=O)N[C@@H](CO)C(=O)N[C@@H](CC(N)=O)C(=O)NCC(=O)NCC(=O)N[C@@H](CO)C(=O)N[C@@H](CC(N)=O)C(=O)O. The van der Waals surface area contributed by atoms with E-state index in [-0.39, 0.29) is 19.4 Å². The zero-order valence-electron chi connectivity index (χ0n) is 32.5. The Morgan fingerprint density at radius 3 is 1.53 bits per heavy atom. The molecule has 0 rings (SSSR count). The molecule has 0 aliphatic heterocycles. The standard InChI is InChI=1S/C32H54N12O16/c1-14(39-27(54)15(34)5-6-25(51)52)26(53)41-16(4-2-3-7-33)29(56)44-20(13-46)31(58)42-17(8-21(35)47)28(55)38-10-23(49)37-11-24(50)40-19(12-45)30(57)43-18(32(59)60)9-22(36)48/h14-20,45-46H,2-13,33-34H2,1H3,(H2,35,47)(H2,36,48)(H,37,49)(H,38,55)(H,39,54)(H,40,50)(H,41,53)(H,42,58)(H,43,57)(H,44,56)(H,51,52)(H,59,60)/t14-,15-,16-,17-,18-,19-,20-/m0/s1. The number of hydrogen-bond acceptors (Lipinski definition) is 16. The van der Waals surface area contributed by atoms with Crippen molar-refractivity contribution < 1.29 is 78.0 Å². The average Bonchev–Trinajstić information content (AvgIpc) is 3.17. The minimum absolute atomic E-state index is 0.0350. The highest BCUT2D eigenvalue weighted by atomic mass is 16.4. The van der Waals surface area contributed by atoms with Crippen LogP contribution in [-0.2, 0) is 57.5 Å². The maximum absolute atomic E-state index is 13.2. The summed E-state index contributed by atoms with van der Waals surface area (Å²) in [5.74, 6) is -13.4. The van der Waals surface area contributed by atoms with Gasteiger partial charge in [0, 0.05) is 6.42 Å². The lowest BCUT2D eigenvalue weighted by Crippen LogP contribution is -2.59. The summed E-state index contributed by atoms with van der Waals surface area (Å²) in [6.07, 6.45) is -1.60. The van der Waals surface area contributed by atoms with E-state index < -0.39 is 159 Å². The number of hydrogen-bond donors (Lipinski definition) is 16. The Balaban J connectivity index is 5.47. The van der Waals surface area contributed by atoms with Crippen molar-refractivity contribution in [1.29, 1.82) is 0 Å². The molecular formula is C32H54N12O16. The van der Waals surface area contributed by atoms with Gasteiger partial charge in [-0.05, 0) is 39.2 Å². The fourth-order valence-corrected chi connectivity index (χ4v) is 4.65. The van der Waals surface area contributed by atoms with Crippen LogP contribution >= 0.6 is 0 Å². The molecule has 0 bridgehead atoms. The summed E-state index contributed by atoms with van der Waals surface area (Å²) >= 11 is 0. The predicted octanol–water partition coefficient (Wildman–Crippen LogP) is -9.71. The Bertz CT molecular complexity index is 1580. The number of carbonyl (C=O) groups excluding carboxylic acids is 10. The lowest BCUT2D eigenvalue weighted by atomic mass is 10.1. The van der Waals surface area contributed by atoms with E-state index in [1.165, 1.54) is 6.92 Å². The van der Waals surface area contributed by atoms with E-state index in [1.54, 1.807) is 0 Å². The van der Waals surface area contributed by atoms with Gasteiger partial charge in [0.15, 0.2) is 0 Å². The van der Waals surface area contributed by atoms with Gasteiger partial charge in [-0.3, -0.25) is 52.7 Å². The molecule has 0 spiro atoms. The Hall–Kier alpha value is -6.52. The highest BCUT2D eigenvalue weighted by molar-refractivity contribution is 5.98. The molecule has 20 N–H and O–H groups in total. The number of nitrogens with two attached hydrogens (primary N) is 4. The molecule has 0 unspecified atom stereocenters. The molecular weight excluding hydrogens is 808 g/mol. The molecule has 0 aliphatic rings. The number of carboxylic acids is 2. The molecule has 60 heavy (non-hydrogen) atoms. The van der Waals surface area contributed by atoms with Crippen LogP contribution in [0.2, 0.25) is 0 Å². The van der Waals surface area contributed by atoms with Crippen LogP contribution in [0.15, 0.2) is 0 Å². The van der Waals surface area contributed by atoms with Crippen molar-refractivity contribution in [3.63, 3.8) is 0 Å². The van der Waals surface area contributed by atoms with Crippen molar-refractivity contribution in [1.82, 2.24) is 42.5 Å². The van der Waals surface area contributed by atoms with Crippen LogP contribution in [-0.4, -0.2) is 167 Å². The minimum atomic E-state index is -1.79. The van der Waals surface area contributed by atoms with Gasteiger partial charge < -0.3 is 85.9 Å². The quantitative estimate of drug-likeness (QED) is 0.0298. The predicted molar refractivity (Wildman–Crippen MR) is 200 cm³/mol. The molecule has 0 saturated heterocycles. The molecule has 0 aromatic rings. The Morgan fingerprint density at radius 1 is 0.533 bits per heavy atom. The van der Waals surface area contributed by atoms with E-state index in [0.717, 1.165) is 0 Å². The molecule has 10 amide bonds. The van der Waals surface area contributed by atoms with Crippen molar-refractivity contribution in [3.8, 4) is 0 Å². The molecule has 338 valence electrons. The highest BCUT2D eigenvalue weighted by Gasteiger charge is 2.32. The smallest absolute Gasteiger partial charge is 0.326 e. The lowest BCUT2D eigenvalue weighted by Gasteiger charge is -2.25. The second-order valence-electron chi connectivity index (χ2n) is 13.0. The Labute approximate surface area is 341 Å². The van der Waals surface area contributed by atoms with Gasteiger partial charge in [0.2, 0.25) is 59.1 Å².